The van der Waals surface area contributed by atoms with Crippen LogP contribution in [0.25, 0.3) is 22.0 Å². The first-order valence-corrected chi connectivity index (χ1v) is 13.5. The van der Waals surface area contributed by atoms with Crippen molar-refractivity contribution in [2.75, 3.05) is 30.4 Å². The number of phenols is 1. The molecule has 1 atom stereocenters. The van der Waals surface area contributed by atoms with Crippen LogP contribution in [0, 0.1) is 5.92 Å². The van der Waals surface area contributed by atoms with Crippen molar-refractivity contribution in [2.45, 2.75) is 25.3 Å². The monoisotopic (exact) mass is 547 g/mol. The number of pyridine rings is 2. The summed E-state index contributed by atoms with van der Waals surface area (Å²) in [5.74, 6) is 0.933. The van der Waals surface area contributed by atoms with Gasteiger partial charge in [-0.3, -0.25) is 9.78 Å². The zero-order valence-electron chi connectivity index (χ0n) is 20.8. The number of phenolic OH excluding ortho intramolecular Hbond substituents is 1. The van der Waals surface area contributed by atoms with Crippen LogP contribution < -0.4 is 15.5 Å². The van der Waals surface area contributed by atoms with Crippen molar-refractivity contribution in [3.63, 3.8) is 0 Å². The van der Waals surface area contributed by atoms with E-state index in [0.29, 0.717) is 17.3 Å². The number of anilines is 3. The lowest BCUT2D eigenvalue weighted by Gasteiger charge is -2.19. The second-order valence-corrected chi connectivity index (χ2v) is 10.8. The minimum atomic E-state index is -0.148. The summed E-state index contributed by atoms with van der Waals surface area (Å²) in [6, 6.07) is 13.6. The van der Waals surface area contributed by atoms with E-state index in [-0.39, 0.29) is 27.5 Å². The van der Waals surface area contributed by atoms with Crippen molar-refractivity contribution in [3.05, 3.63) is 70.5 Å². The van der Waals surface area contributed by atoms with Crippen LogP contribution in [0.3, 0.4) is 0 Å². The smallest absolute Gasteiger partial charge is 0.169 e. The predicted octanol–water partition coefficient (Wildman–Crippen LogP) is 6.44. The van der Waals surface area contributed by atoms with Crippen molar-refractivity contribution >= 4 is 57.1 Å². The van der Waals surface area contributed by atoms with Crippen molar-refractivity contribution in [2.24, 2.45) is 5.92 Å². The maximum atomic E-state index is 13.3. The fourth-order valence-electron chi connectivity index (χ4n) is 4.99. The number of nitrogens with one attached hydrogen (secondary N) is 2. The zero-order valence-corrected chi connectivity index (χ0v) is 22.4. The van der Waals surface area contributed by atoms with Gasteiger partial charge >= 0.3 is 0 Å². The second-order valence-electron chi connectivity index (χ2n) is 9.96. The van der Waals surface area contributed by atoms with Crippen LogP contribution in [0.2, 0.25) is 10.0 Å². The molecule has 2 aromatic carbocycles. The van der Waals surface area contributed by atoms with Gasteiger partial charge in [0.2, 0.25) is 0 Å². The number of aromatic hydroxyl groups is 1. The predicted molar refractivity (Wildman–Crippen MR) is 153 cm³/mol. The molecule has 1 saturated heterocycles. The molecule has 0 spiro atoms. The Morgan fingerprint density at radius 1 is 1.00 bits per heavy atom. The Labute approximate surface area is 230 Å². The Hall–Kier alpha value is -3.39. The minimum absolute atomic E-state index is 0.0449. The third kappa shape index (κ3) is 4.77. The largest absolute Gasteiger partial charge is 0.505 e. The highest BCUT2D eigenvalue weighted by atomic mass is 35.5. The van der Waals surface area contributed by atoms with E-state index in [9.17, 15) is 9.90 Å². The molecule has 1 aliphatic carbocycles. The molecule has 6 rings (SSSR count). The molecule has 2 aliphatic rings. The molecule has 1 unspecified atom stereocenters. The van der Waals surface area contributed by atoms with Crippen molar-refractivity contribution < 1.29 is 9.90 Å². The van der Waals surface area contributed by atoms with Crippen LogP contribution in [0.4, 0.5) is 17.2 Å². The molecule has 1 aliphatic heterocycles. The number of Topliss-reactive ketones (excluding diaryl/α,β-unsaturated/α-hetero) is 1. The van der Waals surface area contributed by atoms with Gasteiger partial charge < -0.3 is 20.6 Å². The number of benzene rings is 2. The van der Waals surface area contributed by atoms with E-state index in [1.165, 1.54) is 0 Å². The molecule has 9 heteroatoms. The number of nitrogens with zero attached hydrogens (tertiary/aromatic N) is 3. The van der Waals surface area contributed by atoms with E-state index in [0.717, 1.165) is 65.9 Å². The van der Waals surface area contributed by atoms with Crippen LogP contribution in [0.15, 0.2) is 54.9 Å². The summed E-state index contributed by atoms with van der Waals surface area (Å²) in [6.07, 6.45) is 6.38. The quantitative estimate of drug-likeness (QED) is 0.229. The van der Waals surface area contributed by atoms with E-state index < -0.39 is 0 Å². The summed E-state index contributed by atoms with van der Waals surface area (Å²) in [4.78, 5) is 24.8. The average molecular weight is 548 g/mol. The molecule has 3 heterocycles. The molecule has 7 nitrogen and oxygen atoms in total. The van der Waals surface area contributed by atoms with Gasteiger partial charge in [0.1, 0.15) is 5.82 Å². The van der Waals surface area contributed by atoms with Crippen molar-refractivity contribution in [1.82, 2.24) is 15.3 Å². The molecule has 0 amide bonds. The number of aromatic nitrogens is 2. The van der Waals surface area contributed by atoms with Gasteiger partial charge in [0.05, 0.1) is 38.7 Å². The summed E-state index contributed by atoms with van der Waals surface area (Å²) in [5.41, 5.74) is 4.40. The number of ketones is 1. The van der Waals surface area contributed by atoms with Gasteiger partial charge in [0.15, 0.2) is 11.5 Å². The number of likely N-dealkylation sites (N-methyl/N-ethyl adjacent to an activating group) is 1. The summed E-state index contributed by atoms with van der Waals surface area (Å²) in [6.45, 7) is 1.90. The van der Waals surface area contributed by atoms with Gasteiger partial charge in [-0.1, -0.05) is 29.3 Å². The van der Waals surface area contributed by atoms with Gasteiger partial charge in [-0.25, -0.2) is 4.98 Å². The number of rotatable bonds is 7. The topological polar surface area (TPSA) is 90.4 Å². The molecular formula is C29H27Cl2N5O2. The first-order chi connectivity index (χ1) is 18.4. The molecule has 4 aromatic rings. The average Bonchev–Trinajstić information content (AvgIpc) is 3.68. The van der Waals surface area contributed by atoms with Crippen LogP contribution in [0.5, 0.6) is 5.75 Å². The lowest BCUT2D eigenvalue weighted by Crippen LogP contribution is -2.29. The first-order valence-electron chi connectivity index (χ1n) is 12.7. The molecule has 0 bridgehead atoms. The summed E-state index contributed by atoms with van der Waals surface area (Å²) in [5, 5.41) is 18.0. The highest BCUT2D eigenvalue weighted by Gasteiger charge is 2.32. The van der Waals surface area contributed by atoms with E-state index in [1.807, 2.05) is 43.6 Å². The van der Waals surface area contributed by atoms with E-state index in [4.69, 9.17) is 28.2 Å². The number of hydrogen-bond acceptors (Lipinski definition) is 7. The third-order valence-electron chi connectivity index (χ3n) is 7.37. The molecule has 1 saturated carbocycles. The summed E-state index contributed by atoms with van der Waals surface area (Å²) < 4.78 is 0. The van der Waals surface area contributed by atoms with Crippen LogP contribution in [-0.4, -0.2) is 47.0 Å². The molecule has 2 aromatic heterocycles. The molecule has 3 N–H and O–H groups in total. The fraction of sp³-hybridized carbons (Fsp3) is 0.276. The zero-order chi connectivity index (χ0) is 26.4. The van der Waals surface area contributed by atoms with Gasteiger partial charge in [0, 0.05) is 36.6 Å². The van der Waals surface area contributed by atoms with Gasteiger partial charge in [-0.05, 0) is 73.8 Å². The Balaban J connectivity index is 1.40. The minimum Gasteiger partial charge on any atom is -0.505 e. The number of fused-ring (bicyclic) bond motifs is 1. The molecular weight excluding hydrogens is 521 g/mol. The summed E-state index contributed by atoms with van der Waals surface area (Å²) >= 11 is 12.4. The number of carbonyl (C=O) groups is 1. The van der Waals surface area contributed by atoms with Crippen molar-refractivity contribution in [1.29, 1.82) is 0 Å². The fourth-order valence-corrected chi connectivity index (χ4v) is 5.47. The van der Waals surface area contributed by atoms with E-state index >= 15 is 0 Å². The molecule has 194 valence electrons. The highest BCUT2D eigenvalue weighted by molar-refractivity contribution is 6.37. The third-order valence-corrected chi connectivity index (χ3v) is 7.95. The van der Waals surface area contributed by atoms with Crippen LogP contribution >= 0.6 is 23.2 Å². The van der Waals surface area contributed by atoms with Crippen LogP contribution in [-0.2, 0) is 0 Å². The van der Waals surface area contributed by atoms with Crippen molar-refractivity contribution in [3.8, 4) is 16.9 Å². The Kier molecular flexibility index (Phi) is 6.60. The Morgan fingerprint density at radius 3 is 2.45 bits per heavy atom. The number of carbonyl (C=O) groups excluding carboxylic acids is 1. The van der Waals surface area contributed by atoms with Gasteiger partial charge in [-0.15, -0.1) is 0 Å². The maximum Gasteiger partial charge on any atom is 0.169 e. The SMILES string of the molecule is CNC1CCN(c2ccc(Nc3c(C(=O)C4CC4)cnc4ccc(-c5cc(Cl)c(O)c(Cl)c5)cc34)cn2)C1. The van der Waals surface area contributed by atoms with Gasteiger partial charge in [-0.2, -0.15) is 0 Å². The Morgan fingerprint density at radius 2 is 1.79 bits per heavy atom. The van der Waals surface area contributed by atoms with E-state index in [2.05, 4.69) is 20.5 Å². The number of halogens is 2. The lowest BCUT2D eigenvalue weighted by molar-refractivity contribution is 0.0968. The molecule has 0 radical (unpaired) electrons. The normalized spacial score (nSPS) is 17.2. The summed E-state index contributed by atoms with van der Waals surface area (Å²) in [7, 11) is 1.99. The van der Waals surface area contributed by atoms with E-state index in [1.54, 1.807) is 18.3 Å². The Bertz CT molecular complexity index is 1520. The van der Waals surface area contributed by atoms with Crippen LogP contribution in [0.1, 0.15) is 29.6 Å². The lowest BCUT2D eigenvalue weighted by atomic mass is 9.99. The number of hydrogen-bond donors (Lipinski definition) is 3. The highest BCUT2D eigenvalue weighted by Crippen LogP contribution is 2.40. The first kappa shape index (κ1) is 24.9. The molecule has 2 fully saturated rings. The standard InChI is InChI=1S/C29H27Cl2N5O2/c1-32-20-8-9-36(15-20)26-7-5-19(13-34-26)35-27-21-10-17(18-11-23(30)29(38)24(31)12-18)4-6-25(21)33-14-22(27)28(37)16-2-3-16/h4-7,10-14,16,20,32,38H,2-3,8-9,15H2,1H3,(H,33,35). The second kappa shape index (κ2) is 10.1. The maximum absolute atomic E-state index is 13.3. The van der Waals surface area contributed by atoms with Gasteiger partial charge in [0.25, 0.3) is 0 Å². The molecule has 38 heavy (non-hydrogen) atoms.